The maximum absolute atomic E-state index is 12.4. The van der Waals surface area contributed by atoms with E-state index in [1.165, 1.54) is 6.20 Å². The predicted molar refractivity (Wildman–Crippen MR) is 123 cm³/mol. The van der Waals surface area contributed by atoms with Gasteiger partial charge in [-0.05, 0) is 30.7 Å². The Hall–Kier alpha value is -4.15. The fraction of sp³-hybridized carbons (Fsp3) is 0.318. The van der Waals surface area contributed by atoms with Crippen LogP contribution < -0.4 is 21.9 Å². The average molecular weight is 451 g/mol. The summed E-state index contributed by atoms with van der Waals surface area (Å²) in [6.45, 7) is 3.88. The number of aromatic amines is 1. The number of nitrogens with one attached hydrogen (secondary N) is 3. The summed E-state index contributed by atoms with van der Waals surface area (Å²) in [5.41, 5.74) is 6.90. The van der Waals surface area contributed by atoms with Crippen LogP contribution >= 0.6 is 0 Å². The quantitative estimate of drug-likeness (QED) is 0.330. The van der Waals surface area contributed by atoms with Crippen molar-refractivity contribution in [2.75, 3.05) is 11.1 Å². The van der Waals surface area contributed by atoms with Crippen LogP contribution in [0.15, 0.2) is 35.3 Å². The number of rotatable bonds is 10. The normalized spacial score (nSPS) is 11.8. The Balaban J connectivity index is 1.58. The molecule has 11 heteroatoms. The van der Waals surface area contributed by atoms with Crippen LogP contribution in [-0.4, -0.2) is 44.0 Å². The van der Waals surface area contributed by atoms with Crippen LogP contribution in [0, 0.1) is 5.92 Å². The number of amides is 1. The van der Waals surface area contributed by atoms with E-state index in [2.05, 4.69) is 30.6 Å². The zero-order valence-corrected chi connectivity index (χ0v) is 18.3. The van der Waals surface area contributed by atoms with Gasteiger partial charge in [-0.1, -0.05) is 13.8 Å². The lowest BCUT2D eigenvalue weighted by Gasteiger charge is -2.13. The van der Waals surface area contributed by atoms with Crippen LogP contribution in [0.4, 0.5) is 11.6 Å². The molecular weight excluding hydrogens is 426 g/mol. The molecule has 0 saturated carbocycles. The Morgan fingerprint density at radius 1 is 1.18 bits per heavy atom. The number of aromatic nitrogens is 4. The predicted octanol–water partition coefficient (Wildman–Crippen LogP) is 1.21. The van der Waals surface area contributed by atoms with Crippen LogP contribution in [-0.2, 0) is 16.1 Å². The Morgan fingerprint density at radius 2 is 1.91 bits per heavy atom. The molecule has 2 aromatic heterocycles. The van der Waals surface area contributed by atoms with Gasteiger partial charge in [0.05, 0.1) is 24.5 Å². The molecule has 0 saturated heterocycles. The van der Waals surface area contributed by atoms with Crippen LogP contribution in [0.3, 0.4) is 0 Å². The SMILES string of the molecule is CC(C)C(=O)CCC(C=O)NC(=O)c1ccc(NCc2cnc3nc(N)[nH]c(=O)c3n2)cc1. The number of nitrogens with zero attached hydrogens (tertiary/aromatic N) is 3. The molecule has 33 heavy (non-hydrogen) atoms. The first-order chi connectivity index (χ1) is 15.8. The van der Waals surface area contributed by atoms with Gasteiger partial charge in [0.15, 0.2) is 11.2 Å². The van der Waals surface area contributed by atoms with Crippen molar-refractivity contribution in [2.24, 2.45) is 5.92 Å². The van der Waals surface area contributed by atoms with E-state index in [4.69, 9.17) is 5.73 Å². The molecule has 11 nitrogen and oxygen atoms in total. The van der Waals surface area contributed by atoms with Crippen molar-refractivity contribution in [2.45, 2.75) is 39.3 Å². The molecule has 0 spiro atoms. The summed E-state index contributed by atoms with van der Waals surface area (Å²) >= 11 is 0. The molecule has 0 bridgehead atoms. The number of nitrogen functional groups attached to an aromatic ring is 1. The van der Waals surface area contributed by atoms with Crippen molar-refractivity contribution in [3.8, 4) is 0 Å². The molecule has 1 aromatic carbocycles. The molecule has 5 N–H and O–H groups in total. The number of ketones is 1. The van der Waals surface area contributed by atoms with Gasteiger partial charge < -0.3 is 21.2 Å². The summed E-state index contributed by atoms with van der Waals surface area (Å²) in [4.78, 5) is 62.1. The van der Waals surface area contributed by atoms with Crippen molar-refractivity contribution in [1.29, 1.82) is 0 Å². The zero-order chi connectivity index (χ0) is 24.0. The lowest BCUT2D eigenvalue weighted by atomic mass is 10.0. The van der Waals surface area contributed by atoms with Crippen LogP contribution in [0.1, 0.15) is 42.7 Å². The van der Waals surface area contributed by atoms with Crippen molar-refractivity contribution in [3.63, 3.8) is 0 Å². The van der Waals surface area contributed by atoms with Crippen LogP contribution in [0.5, 0.6) is 0 Å². The van der Waals surface area contributed by atoms with E-state index in [0.717, 1.165) is 0 Å². The Bertz CT molecular complexity index is 1220. The summed E-state index contributed by atoms with van der Waals surface area (Å²) in [5.74, 6) is -0.486. The second-order valence-electron chi connectivity index (χ2n) is 7.79. The average Bonchev–Trinajstić information content (AvgIpc) is 2.80. The number of benzene rings is 1. The molecule has 3 aromatic rings. The van der Waals surface area contributed by atoms with Gasteiger partial charge in [0.25, 0.3) is 11.5 Å². The minimum atomic E-state index is -0.725. The monoisotopic (exact) mass is 451 g/mol. The highest BCUT2D eigenvalue weighted by atomic mass is 16.2. The largest absolute Gasteiger partial charge is 0.379 e. The molecule has 172 valence electrons. The summed E-state index contributed by atoms with van der Waals surface area (Å²) in [6, 6.07) is 5.91. The van der Waals surface area contributed by atoms with Gasteiger partial charge in [-0.25, -0.2) is 9.97 Å². The molecule has 0 aliphatic carbocycles. The third-order valence-electron chi connectivity index (χ3n) is 4.93. The number of hydrogen-bond donors (Lipinski definition) is 4. The van der Waals surface area contributed by atoms with Gasteiger partial charge >= 0.3 is 0 Å². The molecule has 3 rings (SSSR count). The topological polar surface area (TPSA) is 173 Å². The fourth-order valence-corrected chi connectivity index (χ4v) is 3.00. The molecule has 1 amide bonds. The lowest BCUT2D eigenvalue weighted by molar-refractivity contribution is -0.122. The van der Waals surface area contributed by atoms with Crippen LogP contribution in [0.25, 0.3) is 11.2 Å². The van der Waals surface area contributed by atoms with Gasteiger partial charge in [0.1, 0.15) is 12.1 Å². The Labute approximate surface area is 189 Å². The van der Waals surface area contributed by atoms with E-state index in [1.54, 1.807) is 38.1 Å². The molecule has 1 atom stereocenters. The Morgan fingerprint density at radius 3 is 2.58 bits per heavy atom. The number of anilines is 2. The first kappa shape index (κ1) is 23.5. The number of Topliss-reactive ketones (excluding diaryl/α,β-unsaturated/α-hetero) is 1. The number of carbonyl (C=O) groups is 3. The van der Waals surface area contributed by atoms with E-state index in [1.807, 2.05) is 0 Å². The fourth-order valence-electron chi connectivity index (χ4n) is 3.00. The van der Waals surface area contributed by atoms with E-state index in [-0.39, 0.29) is 48.2 Å². The van der Waals surface area contributed by atoms with Crippen LogP contribution in [0.2, 0.25) is 0 Å². The number of hydrogen-bond acceptors (Lipinski definition) is 9. The molecule has 0 aliphatic heterocycles. The smallest absolute Gasteiger partial charge is 0.280 e. The van der Waals surface area contributed by atoms with Crippen molar-refractivity contribution >= 4 is 40.8 Å². The molecule has 0 radical (unpaired) electrons. The molecule has 1 unspecified atom stereocenters. The third-order valence-corrected chi connectivity index (χ3v) is 4.93. The molecule has 0 aliphatic rings. The second kappa shape index (κ2) is 10.4. The summed E-state index contributed by atoms with van der Waals surface area (Å²) < 4.78 is 0. The van der Waals surface area contributed by atoms with Gasteiger partial charge in [-0.3, -0.25) is 19.4 Å². The summed E-state index contributed by atoms with van der Waals surface area (Å²) in [5, 5.41) is 5.77. The van der Waals surface area contributed by atoms with Crippen molar-refractivity contribution in [3.05, 3.63) is 52.1 Å². The number of nitrogens with two attached hydrogens (primary N) is 1. The van der Waals surface area contributed by atoms with E-state index < -0.39 is 17.5 Å². The van der Waals surface area contributed by atoms with Crippen molar-refractivity contribution in [1.82, 2.24) is 25.3 Å². The highest BCUT2D eigenvalue weighted by Crippen LogP contribution is 2.12. The maximum Gasteiger partial charge on any atom is 0.280 e. The number of H-pyrrole nitrogens is 1. The summed E-state index contributed by atoms with van der Waals surface area (Å²) in [7, 11) is 0. The minimum absolute atomic E-state index is 0.0275. The van der Waals surface area contributed by atoms with Gasteiger partial charge in [0, 0.05) is 23.6 Å². The lowest BCUT2D eigenvalue weighted by Crippen LogP contribution is -2.36. The number of fused-ring (bicyclic) bond motifs is 1. The highest BCUT2D eigenvalue weighted by Gasteiger charge is 2.16. The van der Waals surface area contributed by atoms with Gasteiger partial charge in [-0.15, -0.1) is 0 Å². The second-order valence-corrected chi connectivity index (χ2v) is 7.79. The number of carbonyl (C=O) groups excluding carboxylic acids is 3. The third kappa shape index (κ3) is 6.19. The number of aldehydes is 1. The van der Waals surface area contributed by atoms with Gasteiger partial charge in [-0.2, -0.15) is 4.98 Å². The standard InChI is InChI=1S/C22H25N7O4/c1-12(2)17(31)8-7-15(11-30)27-20(32)13-3-5-14(6-4-13)24-9-16-10-25-19-18(26-16)21(33)29-22(23)28-19/h3-6,10-12,15,24H,7-9H2,1-2H3,(H,27,32)(H3,23,25,28,29,33). The highest BCUT2D eigenvalue weighted by molar-refractivity contribution is 5.96. The first-order valence-corrected chi connectivity index (χ1v) is 10.4. The minimum Gasteiger partial charge on any atom is -0.379 e. The van der Waals surface area contributed by atoms with Crippen molar-refractivity contribution < 1.29 is 14.4 Å². The van der Waals surface area contributed by atoms with E-state index in [9.17, 15) is 19.2 Å². The zero-order valence-electron chi connectivity index (χ0n) is 18.3. The Kier molecular flexibility index (Phi) is 7.44. The molecular formula is C22H25N7O4. The molecule has 0 fully saturated rings. The van der Waals surface area contributed by atoms with E-state index >= 15 is 0 Å². The molecule has 2 heterocycles. The van der Waals surface area contributed by atoms with Gasteiger partial charge in [0.2, 0.25) is 5.95 Å². The van der Waals surface area contributed by atoms with E-state index in [0.29, 0.717) is 23.2 Å². The maximum atomic E-state index is 12.4. The first-order valence-electron chi connectivity index (χ1n) is 10.4. The summed E-state index contributed by atoms with van der Waals surface area (Å²) in [6.07, 6.45) is 2.63.